The van der Waals surface area contributed by atoms with Crippen molar-refractivity contribution < 1.29 is 4.79 Å². The Morgan fingerprint density at radius 3 is 2.75 bits per heavy atom. The third-order valence-corrected chi connectivity index (χ3v) is 2.51. The van der Waals surface area contributed by atoms with Crippen molar-refractivity contribution in [2.75, 3.05) is 26.2 Å². The number of hydrogen-bond donors (Lipinski definition) is 1. The Labute approximate surface area is 72.3 Å². The molecule has 2 fully saturated rings. The monoisotopic (exact) mass is 169 g/mol. The maximum absolute atomic E-state index is 11.6. The first kappa shape index (κ1) is 7.86. The maximum Gasteiger partial charge on any atom is 0.320 e. The molecule has 1 aliphatic carbocycles. The Kier molecular flexibility index (Phi) is 1.92. The second-order valence-electron chi connectivity index (χ2n) is 3.48. The van der Waals surface area contributed by atoms with E-state index in [4.69, 9.17) is 5.73 Å². The van der Waals surface area contributed by atoms with E-state index < -0.39 is 0 Å². The molecular formula is C8H15N3O. The summed E-state index contributed by atoms with van der Waals surface area (Å²) >= 11 is 0. The lowest BCUT2D eigenvalue weighted by Gasteiger charge is -2.17. The van der Waals surface area contributed by atoms with Gasteiger partial charge in [-0.05, 0) is 12.8 Å². The van der Waals surface area contributed by atoms with Crippen LogP contribution in [0.1, 0.15) is 12.8 Å². The molecule has 4 nitrogen and oxygen atoms in total. The van der Waals surface area contributed by atoms with Crippen LogP contribution in [0.15, 0.2) is 0 Å². The van der Waals surface area contributed by atoms with Crippen molar-refractivity contribution in [3.05, 3.63) is 0 Å². The van der Waals surface area contributed by atoms with Crippen LogP contribution in [-0.4, -0.2) is 48.1 Å². The van der Waals surface area contributed by atoms with E-state index in [0.29, 0.717) is 19.1 Å². The molecule has 0 aromatic heterocycles. The summed E-state index contributed by atoms with van der Waals surface area (Å²) in [6.07, 6.45) is 2.39. The van der Waals surface area contributed by atoms with Crippen LogP contribution < -0.4 is 5.73 Å². The summed E-state index contributed by atoms with van der Waals surface area (Å²) in [5, 5.41) is 0. The van der Waals surface area contributed by atoms with Crippen LogP contribution in [0.25, 0.3) is 0 Å². The lowest BCUT2D eigenvalue weighted by Crippen LogP contribution is -2.35. The Morgan fingerprint density at radius 1 is 1.42 bits per heavy atom. The van der Waals surface area contributed by atoms with Crippen LogP contribution in [0, 0.1) is 0 Å². The minimum Gasteiger partial charge on any atom is -0.329 e. The van der Waals surface area contributed by atoms with Gasteiger partial charge in [-0.2, -0.15) is 0 Å². The van der Waals surface area contributed by atoms with Crippen molar-refractivity contribution in [2.24, 2.45) is 5.73 Å². The van der Waals surface area contributed by atoms with Crippen molar-refractivity contribution in [2.45, 2.75) is 18.9 Å². The Morgan fingerprint density at radius 2 is 2.17 bits per heavy atom. The van der Waals surface area contributed by atoms with Gasteiger partial charge in [-0.3, -0.25) is 0 Å². The Bertz CT molecular complexity index is 191. The van der Waals surface area contributed by atoms with Gasteiger partial charge in [0.05, 0.1) is 0 Å². The summed E-state index contributed by atoms with van der Waals surface area (Å²) in [5.41, 5.74) is 5.40. The van der Waals surface area contributed by atoms with Crippen LogP contribution in [0.3, 0.4) is 0 Å². The van der Waals surface area contributed by atoms with Crippen molar-refractivity contribution >= 4 is 6.03 Å². The third kappa shape index (κ3) is 1.27. The van der Waals surface area contributed by atoms with Gasteiger partial charge in [0.15, 0.2) is 0 Å². The first-order valence-electron chi connectivity index (χ1n) is 4.58. The first-order valence-corrected chi connectivity index (χ1v) is 4.58. The molecule has 4 heteroatoms. The van der Waals surface area contributed by atoms with E-state index in [1.807, 2.05) is 9.80 Å². The molecule has 2 rings (SSSR count). The van der Waals surface area contributed by atoms with Crippen molar-refractivity contribution in [1.82, 2.24) is 9.80 Å². The molecule has 0 atom stereocenters. The maximum atomic E-state index is 11.6. The molecule has 0 spiro atoms. The molecule has 2 amide bonds. The second kappa shape index (κ2) is 2.94. The van der Waals surface area contributed by atoms with Gasteiger partial charge in [0, 0.05) is 32.2 Å². The van der Waals surface area contributed by atoms with Crippen LogP contribution in [0.5, 0.6) is 0 Å². The van der Waals surface area contributed by atoms with Crippen molar-refractivity contribution in [3.8, 4) is 0 Å². The Balaban J connectivity index is 1.91. The molecule has 1 heterocycles. The van der Waals surface area contributed by atoms with E-state index in [0.717, 1.165) is 13.1 Å². The first-order chi connectivity index (χ1) is 5.83. The van der Waals surface area contributed by atoms with Gasteiger partial charge in [0.1, 0.15) is 0 Å². The number of carbonyl (C=O) groups excluding carboxylic acids is 1. The average molecular weight is 169 g/mol. The topological polar surface area (TPSA) is 49.6 Å². The van der Waals surface area contributed by atoms with E-state index in [1.165, 1.54) is 12.8 Å². The minimum absolute atomic E-state index is 0.197. The van der Waals surface area contributed by atoms with E-state index in [9.17, 15) is 4.79 Å². The number of urea groups is 1. The molecule has 2 N–H and O–H groups in total. The third-order valence-electron chi connectivity index (χ3n) is 2.51. The van der Waals surface area contributed by atoms with Crippen LogP contribution in [0.4, 0.5) is 4.79 Å². The second-order valence-corrected chi connectivity index (χ2v) is 3.48. The van der Waals surface area contributed by atoms with Crippen LogP contribution in [0.2, 0.25) is 0 Å². The summed E-state index contributed by atoms with van der Waals surface area (Å²) in [6.45, 7) is 3.06. The molecule has 0 unspecified atom stereocenters. The average Bonchev–Trinajstić information content (AvgIpc) is 2.82. The van der Waals surface area contributed by atoms with Gasteiger partial charge in [-0.15, -0.1) is 0 Å². The zero-order chi connectivity index (χ0) is 8.55. The fourth-order valence-electron chi connectivity index (χ4n) is 1.69. The summed E-state index contributed by atoms with van der Waals surface area (Å²) in [5.74, 6) is 0. The molecule has 0 aromatic rings. The molecule has 1 saturated heterocycles. The number of rotatable bonds is 3. The molecule has 12 heavy (non-hydrogen) atoms. The van der Waals surface area contributed by atoms with E-state index >= 15 is 0 Å². The largest absolute Gasteiger partial charge is 0.329 e. The summed E-state index contributed by atoms with van der Waals surface area (Å²) < 4.78 is 0. The highest BCUT2D eigenvalue weighted by Crippen LogP contribution is 2.29. The molecule has 0 aromatic carbocycles. The molecule has 0 bridgehead atoms. The van der Waals surface area contributed by atoms with Crippen LogP contribution >= 0.6 is 0 Å². The fourth-order valence-corrected chi connectivity index (χ4v) is 1.69. The van der Waals surface area contributed by atoms with E-state index in [-0.39, 0.29) is 6.03 Å². The smallest absolute Gasteiger partial charge is 0.320 e. The van der Waals surface area contributed by atoms with E-state index in [1.54, 1.807) is 0 Å². The van der Waals surface area contributed by atoms with Crippen molar-refractivity contribution in [1.29, 1.82) is 0 Å². The predicted octanol–water partition coefficient (Wildman–Crippen LogP) is -0.155. The standard InChI is InChI=1S/C8H15N3O/c9-3-4-10-5-6-11(8(10)12)7-1-2-7/h7H,1-6,9H2. The van der Waals surface area contributed by atoms with Crippen molar-refractivity contribution in [3.63, 3.8) is 0 Å². The molecule has 1 aliphatic heterocycles. The van der Waals surface area contributed by atoms with Gasteiger partial charge in [-0.1, -0.05) is 0 Å². The zero-order valence-electron chi connectivity index (χ0n) is 7.20. The number of nitrogens with zero attached hydrogens (tertiary/aromatic N) is 2. The summed E-state index contributed by atoms with van der Waals surface area (Å²) in [6, 6.07) is 0.753. The molecule has 2 aliphatic rings. The highest BCUT2D eigenvalue weighted by Gasteiger charge is 2.38. The number of hydrogen-bond acceptors (Lipinski definition) is 2. The SMILES string of the molecule is NCCN1CCN(C2CC2)C1=O. The highest BCUT2D eigenvalue weighted by atomic mass is 16.2. The number of nitrogens with two attached hydrogens (primary N) is 1. The molecular weight excluding hydrogens is 154 g/mol. The summed E-state index contributed by atoms with van der Waals surface area (Å²) in [7, 11) is 0. The summed E-state index contributed by atoms with van der Waals surface area (Å²) in [4.78, 5) is 15.4. The lowest BCUT2D eigenvalue weighted by molar-refractivity contribution is 0.191. The fraction of sp³-hybridized carbons (Fsp3) is 0.875. The van der Waals surface area contributed by atoms with E-state index in [2.05, 4.69) is 0 Å². The van der Waals surface area contributed by atoms with Gasteiger partial charge in [0.2, 0.25) is 0 Å². The lowest BCUT2D eigenvalue weighted by atomic mass is 10.5. The normalized spacial score (nSPS) is 23.9. The van der Waals surface area contributed by atoms with Gasteiger partial charge >= 0.3 is 6.03 Å². The molecule has 1 saturated carbocycles. The highest BCUT2D eigenvalue weighted by molar-refractivity contribution is 5.77. The molecule has 0 radical (unpaired) electrons. The van der Waals surface area contributed by atoms with Gasteiger partial charge < -0.3 is 15.5 Å². The Hall–Kier alpha value is -0.770. The number of amides is 2. The quantitative estimate of drug-likeness (QED) is 0.638. The van der Waals surface area contributed by atoms with Crippen LogP contribution in [-0.2, 0) is 0 Å². The number of carbonyl (C=O) groups is 1. The zero-order valence-corrected chi connectivity index (χ0v) is 7.20. The molecule has 68 valence electrons. The minimum atomic E-state index is 0.197. The predicted molar refractivity (Wildman–Crippen MR) is 45.8 cm³/mol. The van der Waals surface area contributed by atoms with Gasteiger partial charge in [0.25, 0.3) is 0 Å². The van der Waals surface area contributed by atoms with Gasteiger partial charge in [-0.25, -0.2) is 4.79 Å².